The zero-order valence-electron chi connectivity index (χ0n) is 32.5. The first kappa shape index (κ1) is 48.1. The molecule has 318 valence electrons. The second-order valence-electron chi connectivity index (χ2n) is 12.1. The molecule has 0 spiro atoms. The summed E-state index contributed by atoms with van der Waals surface area (Å²) in [5.74, 6) is -3.67. The van der Waals surface area contributed by atoms with Crippen LogP contribution in [0, 0.1) is 5.92 Å². The number of nitrogen functional groups attached to an aromatic ring is 1. The highest BCUT2D eigenvalue weighted by Gasteiger charge is 2.58. The van der Waals surface area contributed by atoms with E-state index in [0.29, 0.717) is 16.7 Å². The minimum atomic E-state index is -5.01. The Morgan fingerprint density at radius 1 is 1.25 bits per heavy atom. The molecule has 6 N–H and O–H groups in total. The maximum atomic E-state index is 13.2. The zero-order valence-corrected chi connectivity index (χ0v) is 34.1. The zero-order chi connectivity index (χ0) is 43.5. The van der Waals surface area contributed by atoms with E-state index in [-0.39, 0.29) is 10.8 Å². The summed E-state index contributed by atoms with van der Waals surface area (Å²) in [7, 11) is -2.14. The average Bonchev–Trinajstić information content (AvgIpc) is 3.70. The molecule has 4 heterocycles. The molecule has 0 bridgehead atoms. The largest absolute Gasteiger partial charge is 0.493 e. The van der Waals surface area contributed by atoms with Crippen LogP contribution in [0.2, 0.25) is 0 Å². The number of β-lactam (4-membered cyclic amide) rings is 1. The van der Waals surface area contributed by atoms with Crippen LogP contribution in [0.25, 0.3) is 10.9 Å². The second kappa shape index (κ2) is 20.4. The van der Waals surface area contributed by atoms with E-state index in [0.717, 1.165) is 49.0 Å². The molecule has 0 saturated carbocycles. The number of alkyl halides is 3. The number of nitrogens with one attached hydrogen (secondary N) is 2. The molecule has 2 unspecified atom stereocenters. The van der Waals surface area contributed by atoms with Gasteiger partial charge in [-0.05, 0) is 32.0 Å². The first-order valence-corrected chi connectivity index (χ1v) is 19.5. The number of hydrogen-bond acceptors (Lipinski definition) is 14. The third-order valence-corrected chi connectivity index (χ3v) is 8.90. The number of anilines is 1. The van der Waals surface area contributed by atoms with Crippen LogP contribution >= 0.6 is 11.3 Å². The lowest BCUT2D eigenvalue weighted by Gasteiger charge is -2.50. The van der Waals surface area contributed by atoms with Gasteiger partial charge in [0.15, 0.2) is 23.7 Å². The fraction of sp³-hybridized carbons (Fsp3) is 0.515. The van der Waals surface area contributed by atoms with Gasteiger partial charge in [0.25, 0.3) is 17.9 Å². The van der Waals surface area contributed by atoms with E-state index in [1.807, 2.05) is 51.7 Å². The summed E-state index contributed by atoms with van der Waals surface area (Å²) in [5.41, 5.74) is 4.69. The topological polar surface area (TPSA) is 250 Å². The molecule has 0 radical (unpaired) electrons. The number of carbonyl (C=O) groups is 3. The number of carboxylic acids is 1. The lowest BCUT2D eigenvalue weighted by atomic mass is 9.84. The van der Waals surface area contributed by atoms with E-state index in [2.05, 4.69) is 41.1 Å². The lowest BCUT2D eigenvalue weighted by Crippen LogP contribution is -2.76. The van der Waals surface area contributed by atoms with Crippen LogP contribution in [-0.4, -0.2) is 107 Å². The molecule has 2 aliphatic rings. The van der Waals surface area contributed by atoms with Crippen LogP contribution in [0.1, 0.15) is 47.2 Å². The number of thiazole rings is 1. The highest BCUT2D eigenvalue weighted by Crippen LogP contribution is 2.33. The van der Waals surface area contributed by atoms with E-state index in [1.165, 1.54) is 19.2 Å². The van der Waals surface area contributed by atoms with Crippen molar-refractivity contribution in [2.75, 3.05) is 32.5 Å². The number of oxime groups is 1. The molecule has 57 heavy (non-hydrogen) atoms. The number of nitrogens with zero attached hydrogens (tertiary/aromatic N) is 5. The number of hydroxylamine groups is 2. The molecule has 0 aliphatic carbocycles. The molecule has 2 saturated heterocycles. The number of carboxylic acid groups (broad SMARTS) is 1. The number of ether oxygens (including phenoxy) is 2. The Morgan fingerprint density at radius 2 is 1.88 bits per heavy atom. The van der Waals surface area contributed by atoms with E-state index in [1.54, 1.807) is 12.1 Å². The SMILES string of the molecule is C=C(OC)C(F)(F)F.CC.CC.C[n+]1cc2cc(OCC(O/N=C(\C(=O)NC3C(=O)N(OS(=O)(=O)O)C3(C)C)c3csc(N)n3)C(=O)O)ccc2n1CC1CNC1. The number of amides is 2. The molecular weight excluding hydrogens is 806 g/mol. The fourth-order valence-corrected chi connectivity index (χ4v) is 5.92. The van der Waals surface area contributed by atoms with E-state index >= 15 is 0 Å². The first-order chi connectivity index (χ1) is 26.6. The molecule has 2 aliphatic heterocycles. The van der Waals surface area contributed by atoms with Crippen LogP contribution in [0.5, 0.6) is 5.75 Å². The van der Waals surface area contributed by atoms with Crippen molar-refractivity contribution in [3.63, 3.8) is 0 Å². The molecule has 24 heteroatoms. The monoisotopic (exact) mass is 853 g/mol. The fourth-order valence-electron chi connectivity index (χ4n) is 4.92. The summed E-state index contributed by atoms with van der Waals surface area (Å²) in [6, 6.07) is 4.05. The summed E-state index contributed by atoms with van der Waals surface area (Å²) in [4.78, 5) is 46.9. The number of carbonyl (C=O) groups excluding carboxylic acids is 2. The maximum absolute atomic E-state index is 13.2. The number of aromatic nitrogens is 3. The van der Waals surface area contributed by atoms with Gasteiger partial charge >= 0.3 is 22.5 Å². The van der Waals surface area contributed by atoms with Crippen molar-refractivity contribution in [2.24, 2.45) is 18.1 Å². The number of allylic oxidation sites excluding steroid dienone is 1. The minimum absolute atomic E-state index is 0.0679. The highest BCUT2D eigenvalue weighted by atomic mass is 32.3. The Morgan fingerprint density at radius 3 is 2.33 bits per heavy atom. The van der Waals surface area contributed by atoms with Crippen LogP contribution in [0.4, 0.5) is 18.3 Å². The third-order valence-electron chi connectivity index (χ3n) is 7.89. The first-order valence-electron chi connectivity index (χ1n) is 17.2. The summed E-state index contributed by atoms with van der Waals surface area (Å²) < 4.78 is 82.7. The van der Waals surface area contributed by atoms with E-state index in [4.69, 9.17) is 19.9 Å². The van der Waals surface area contributed by atoms with Crippen molar-refractivity contribution in [3.8, 4) is 5.75 Å². The van der Waals surface area contributed by atoms with Crippen molar-refractivity contribution in [1.29, 1.82) is 0 Å². The van der Waals surface area contributed by atoms with Crippen LogP contribution in [0.3, 0.4) is 0 Å². The predicted octanol–water partition coefficient (Wildman–Crippen LogP) is 2.58. The van der Waals surface area contributed by atoms with Gasteiger partial charge in [0, 0.05) is 24.4 Å². The third kappa shape index (κ3) is 12.7. The van der Waals surface area contributed by atoms with Crippen molar-refractivity contribution < 1.29 is 68.9 Å². The Labute approximate surface area is 331 Å². The summed E-state index contributed by atoms with van der Waals surface area (Å²) in [5, 5.41) is 21.9. The van der Waals surface area contributed by atoms with Gasteiger partial charge < -0.3 is 35.8 Å². The number of hydrogen-bond donors (Lipinski definition) is 5. The smallest absolute Gasteiger partial charge is 0.448 e. The van der Waals surface area contributed by atoms with Crippen molar-refractivity contribution in [1.82, 2.24) is 25.4 Å². The standard InChI is InChI=1S/C25H30N8O10S2.C4H5F3O.2C2H6/c1-25(2)20(22(35)33(25)43-45(38,39)40)29-21(34)19(16-12-44-24(26)28-16)30-42-18(23(36)37)11-41-15-4-5-17-14(6-15)10-31(3)32(17)9-13-7-27-8-13;1-3(8-2)4(5,6)7;2*1-2/h4-6,10,12-13,18,20,27H,7-9,11H2,1-3H3,(H4-,26,28,29,34,36,37,38,39,40);1H2,2H3;2*1-2H3/p+1/b30-19-;;;. The second-order valence-corrected chi connectivity index (χ2v) is 14.0. The molecule has 19 nitrogen and oxygen atoms in total. The summed E-state index contributed by atoms with van der Waals surface area (Å²) in [6.07, 6.45) is -4.13. The van der Waals surface area contributed by atoms with Crippen molar-refractivity contribution >= 4 is 61.3 Å². The number of aliphatic carboxylic acids is 1. The number of fused-ring (bicyclic) bond motifs is 1. The van der Waals surface area contributed by atoms with E-state index in [9.17, 15) is 41.1 Å². The van der Waals surface area contributed by atoms with Gasteiger partial charge in [-0.2, -0.15) is 31.3 Å². The van der Waals surface area contributed by atoms with Gasteiger partial charge in [-0.15, -0.1) is 20.3 Å². The van der Waals surface area contributed by atoms with Crippen molar-refractivity contribution in [2.45, 2.75) is 71.9 Å². The molecule has 5 rings (SSSR count). The number of benzene rings is 1. The molecule has 2 amide bonds. The minimum Gasteiger partial charge on any atom is -0.493 e. The lowest BCUT2D eigenvalue weighted by molar-refractivity contribution is -0.751. The highest BCUT2D eigenvalue weighted by molar-refractivity contribution is 7.80. The van der Waals surface area contributed by atoms with Crippen molar-refractivity contribution in [3.05, 3.63) is 47.8 Å². The van der Waals surface area contributed by atoms with Gasteiger partial charge in [0.1, 0.15) is 29.6 Å². The van der Waals surface area contributed by atoms with E-state index < -0.39 is 70.1 Å². The van der Waals surface area contributed by atoms with Gasteiger partial charge in [-0.25, -0.2) is 9.78 Å². The number of rotatable bonds is 14. The van der Waals surface area contributed by atoms with Crippen LogP contribution in [0.15, 0.2) is 47.3 Å². The molecule has 3 aromatic rings. The number of nitrogens with two attached hydrogens (primary N) is 1. The van der Waals surface area contributed by atoms with Crippen LogP contribution in [-0.2, 0) is 52.2 Å². The quantitative estimate of drug-likeness (QED) is 0.0391. The normalized spacial score (nSPS) is 16.8. The molecule has 2 aromatic heterocycles. The molecular formula is C33H48F3N8O11S2+. The predicted molar refractivity (Wildman–Crippen MR) is 201 cm³/mol. The molecule has 1 aromatic carbocycles. The van der Waals surface area contributed by atoms with Gasteiger partial charge in [0.05, 0.1) is 24.6 Å². The van der Waals surface area contributed by atoms with Crippen LogP contribution < -0.4 is 25.8 Å². The number of halogens is 3. The summed E-state index contributed by atoms with van der Waals surface area (Å²) >= 11 is 0.968. The Balaban J connectivity index is 0.000000824. The van der Waals surface area contributed by atoms with Gasteiger partial charge in [-0.3, -0.25) is 14.1 Å². The van der Waals surface area contributed by atoms with Gasteiger partial charge in [0.2, 0.25) is 6.20 Å². The molecule has 2 fully saturated rings. The van der Waals surface area contributed by atoms with Gasteiger partial charge in [-0.1, -0.05) is 39.4 Å². The maximum Gasteiger partial charge on any atom is 0.448 e. The Kier molecular flexibility index (Phi) is 17.2. The molecule has 2 atom stereocenters. The Bertz CT molecular complexity index is 2020. The average molecular weight is 854 g/mol. The Hall–Kier alpha value is -5.04. The summed E-state index contributed by atoms with van der Waals surface area (Å²) in [6.45, 7) is 15.6. The number of aryl methyl sites for hydroxylation is 1. The number of methoxy groups -OCH3 is 1.